The van der Waals surface area contributed by atoms with E-state index in [9.17, 15) is 18.0 Å². The first kappa shape index (κ1) is 8.32. The van der Waals surface area contributed by atoms with Crippen molar-refractivity contribution >= 4 is 5.91 Å². The second-order valence-corrected chi connectivity index (χ2v) is 1.85. The minimum atomic E-state index is -4.96. The van der Waals surface area contributed by atoms with E-state index in [-0.39, 0.29) is 0 Å². The van der Waals surface area contributed by atoms with E-state index in [0.717, 1.165) is 0 Å². The predicted octanol–water partition coefficient (Wildman–Crippen LogP) is 0.0457. The van der Waals surface area contributed by atoms with Crippen molar-refractivity contribution in [1.29, 1.82) is 0 Å². The number of hydrogen-bond acceptors (Lipinski definition) is 2. The van der Waals surface area contributed by atoms with Crippen molar-refractivity contribution in [3.63, 3.8) is 0 Å². The molecule has 0 saturated heterocycles. The topological polar surface area (TPSA) is 49.3 Å². The van der Waals surface area contributed by atoms with Crippen molar-refractivity contribution in [3.8, 4) is 0 Å². The fourth-order valence-electron chi connectivity index (χ4n) is 0.313. The Balaban J connectivity index is 3.99. The van der Waals surface area contributed by atoms with Crippen LogP contribution in [0.1, 0.15) is 8.27 Å². The molecule has 0 saturated carbocycles. The third-order valence-electron chi connectivity index (χ3n) is 0.813. The van der Waals surface area contributed by atoms with Crippen molar-refractivity contribution in [1.82, 2.24) is 5.32 Å². The van der Waals surface area contributed by atoms with Gasteiger partial charge in [-0.1, -0.05) is 0 Å². The highest BCUT2D eigenvalue weighted by Gasteiger charge is 2.38. The van der Waals surface area contributed by atoms with Gasteiger partial charge in [-0.05, 0) is 6.90 Å². The number of halogens is 3. The van der Waals surface area contributed by atoms with Gasteiger partial charge in [0.2, 0.25) is 0 Å². The maximum atomic E-state index is 11.5. The van der Waals surface area contributed by atoms with Gasteiger partial charge in [0.15, 0.2) is 0 Å². The summed E-state index contributed by atoms with van der Waals surface area (Å²) < 4.78 is 41.2. The average Bonchev–Trinajstić information content (AvgIpc) is 1.97. The van der Waals surface area contributed by atoms with Crippen LogP contribution in [0.4, 0.5) is 13.2 Å². The molecule has 0 aliphatic heterocycles. The van der Waals surface area contributed by atoms with Crippen LogP contribution in [-0.4, -0.2) is 29.8 Å². The molecule has 0 aromatic carbocycles. The molecule has 1 atom stereocenters. The van der Waals surface area contributed by atoms with Crippen LogP contribution in [0.5, 0.6) is 0 Å². The molecule has 2 N–H and O–H groups in total. The van der Waals surface area contributed by atoms with E-state index in [1.165, 1.54) is 5.32 Å². The molecule has 0 aromatic rings. The number of aliphatic hydroxyl groups is 1. The van der Waals surface area contributed by atoms with Crippen LogP contribution < -0.4 is 5.32 Å². The lowest BCUT2D eigenvalue weighted by Crippen LogP contribution is -2.43. The van der Waals surface area contributed by atoms with Crippen LogP contribution in [0.2, 0.25) is 0 Å². The normalized spacial score (nSPS) is 15.5. The Kier molecular flexibility index (Phi) is 2.70. The molecule has 6 heteroatoms. The highest BCUT2D eigenvalue weighted by atomic mass is 19.4. The van der Waals surface area contributed by atoms with E-state index in [1.807, 2.05) is 0 Å². The van der Waals surface area contributed by atoms with Gasteiger partial charge in [-0.15, -0.1) is 0 Å². The van der Waals surface area contributed by atoms with Gasteiger partial charge in [-0.2, -0.15) is 13.2 Å². The predicted molar refractivity (Wildman–Crippen MR) is 30.7 cm³/mol. The number of amides is 1. The summed E-state index contributed by atoms with van der Waals surface area (Å²) in [6.07, 6.45) is -4.96. The molecule has 0 fully saturated rings. The van der Waals surface area contributed by atoms with Gasteiger partial charge in [-0.3, -0.25) is 4.79 Å². The molecule has 0 rings (SSSR count). The first-order valence-electron chi connectivity index (χ1n) is 3.40. The zero-order valence-electron chi connectivity index (χ0n) is 6.48. The van der Waals surface area contributed by atoms with Crippen LogP contribution in [0.3, 0.4) is 0 Å². The lowest BCUT2D eigenvalue weighted by atomic mass is 10.3. The van der Waals surface area contributed by atoms with E-state index in [0.29, 0.717) is 0 Å². The molecule has 0 bridgehead atoms. The number of carbonyl (C=O) groups excluding carboxylic acids is 1. The summed E-state index contributed by atoms with van der Waals surface area (Å²) in [5.74, 6) is -2.13. The number of rotatable bonds is 2. The van der Waals surface area contributed by atoms with Crippen molar-refractivity contribution in [2.45, 2.75) is 19.1 Å². The van der Waals surface area contributed by atoms with Gasteiger partial charge in [0.05, 0.1) is 6.61 Å². The second kappa shape index (κ2) is 3.56. The highest BCUT2D eigenvalue weighted by molar-refractivity contribution is 5.81. The Morgan fingerprint density at radius 1 is 1.82 bits per heavy atom. The van der Waals surface area contributed by atoms with Gasteiger partial charge in [0.1, 0.15) is 0 Å². The molecule has 0 aliphatic carbocycles. The molecule has 3 nitrogen and oxygen atoms in total. The van der Waals surface area contributed by atoms with Crippen LogP contribution in [0.15, 0.2) is 0 Å². The van der Waals surface area contributed by atoms with Crippen molar-refractivity contribution < 1.29 is 24.4 Å². The third kappa shape index (κ3) is 3.82. The van der Waals surface area contributed by atoms with Crippen molar-refractivity contribution in [2.24, 2.45) is 0 Å². The van der Waals surface area contributed by atoms with Crippen molar-refractivity contribution in [2.75, 3.05) is 6.61 Å². The monoisotopic (exact) mass is 172 g/mol. The highest BCUT2D eigenvalue weighted by Crippen LogP contribution is 2.14. The Hall–Kier alpha value is -0.780. The molecule has 0 aromatic heterocycles. The molecule has 0 unspecified atom stereocenters. The van der Waals surface area contributed by atoms with Crippen LogP contribution >= 0.6 is 0 Å². The van der Waals surface area contributed by atoms with Crippen LogP contribution in [0.25, 0.3) is 0 Å². The summed E-state index contributed by atoms with van der Waals surface area (Å²) in [4.78, 5) is 10.2. The number of hydrogen-bond donors (Lipinski definition) is 2. The van der Waals surface area contributed by atoms with Gasteiger partial charge < -0.3 is 10.4 Å². The second-order valence-electron chi connectivity index (χ2n) is 1.85. The summed E-state index contributed by atoms with van der Waals surface area (Å²) in [5, 5.41) is 9.79. The molecule has 0 spiro atoms. The molecule has 11 heavy (non-hydrogen) atoms. The molecule has 0 radical (unpaired) electrons. The Morgan fingerprint density at radius 3 is 2.64 bits per heavy atom. The van der Waals surface area contributed by atoms with Crippen LogP contribution in [-0.2, 0) is 4.79 Å². The molecule has 0 heterocycles. The van der Waals surface area contributed by atoms with Crippen molar-refractivity contribution in [3.05, 3.63) is 0 Å². The standard InChI is InChI=1S/C5H8F3NO2/c1-3(2-10)9-4(11)5(6,7)8/h3,10H,2H2,1H3,(H,9,11)/t3-/m0/s1/i1D. The zero-order valence-corrected chi connectivity index (χ0v) is 5.48. The fourth-order valence-corrected chi connectivity index (χ4v) is 0.313. The number of alkyl halides is 3. The maximum Gasteiger partial charge on any atom is 0.471 e. The first-order chi connectivity index (χ1) is 5.41. The van der Waals surface area contributed by atoms with E-state index >= 15 is 0 Å². The smallest absolute Gasteiger partial charge is 0.394 e. The average molecular weight is 172 g/mol. The molecule has 1 amide bonds. The van der Waals surface area contributed by atoms with E-state index in [1.54, 1.807) is 0 Å². The van der Waals surface area contributed by atoms with Gasteiger partial charge in [0, 0.05) is 7.41 Å². The number of carbonyl (C=O) groups is 1. The van der Waals surface area contributed by atoms with Crippen LogP contribution in [0, 0.1) is 0 Å². The zero-order chi connectivity index (χ0) is 9.78. The lowest BCUT2D eigenvalue weighted by Gasteiger charge is -2.11. The van der Waals surface area contributed by atoms with E-state index < -0.39 is 31.6 Å². The first-order valence-corrected chi connectivity index (χ1v) is 2.69. The Morgan fingerprint density at radius 2 is 2.36 bits per heavy atom. The third-order valence-corrected chi connectivity index (χ3v) is 0.813. The Labute approximate surface area is 62.6 Å². The summed E-state index contributed by atoms with van der Waals surface area (Å²) in [5.41, 5.74) is 0. The molecular formula is C5H8F3NO2. The largest absolute Gasteiger partial charge is 0.471 e. The van der Waals surface area contributed by atoms with Gasteiger partial charge in [0.25, 0.3) is 0 Å². The summed E-state index contributed by atoms with van der Waals surface area (Å²) >= 11 is 0. The quantitative estimate of drug-likeness (QED) is 0.618. The summed E-state index contributed by atoms with van der Waals surface area (Å²) in [6, 6.07) is -1.15. The number of aliphatic hydroxyl groups excluding tert-OH is 1. The SMILES string of the molecule is [2H]C[C@@H](CO)NC(=O)C(F)(F)F. The Bertz CT molecular complexity index is 157. The van der Waals surface area contributed by atoms with Gasteiger partial charge >= 0.3 is 12.1 Å². The molecular weight excluding hydrogens is 163 g/mol. The summed E-state index contributed by atoms with van der Waals surface area (Å²) in [6.45, 7) is -1.16. The molecule has 0 aliphatic rings. The number of nitrogens with one attached hydrogen (secondary N) is 1. The summed E-state index contributed by atoms with van der Waals surface area (Å²) in [7, 11) is 0. The minimum Gasteiger partial charge on any atom is -0.394 e. The minimum absolute atomic E-state index is 0.488. The lowest BCUT2D eigenvalue weighted by molar-refractivity contribution is -0.174. The van der Waals surface area contributed by atoms with Gasteiger partial charge in [-0.25, -0.2) is 0 Å². The van der Waals surface area contributed by atoms with E-state index in [2.05, 4.69) is 0 Å². The fraction of sp³-hybridized carbons (Fsp3) is 0.800. The maximum absolute atomic E-state index is 11.5. The van der Waals surface area contributed by atoms with E-state index in [4.69, 9.17) is 6.48 Å². The molecule has 66 valence electrons.